The van der Waals surface area contributed by atoms with Gasteiger partial charge in [-0.2, -0.15) is 0 Å². The van der Waals surface area contributed by atoms with Crippen molar-refractivity contribution in [1.82, 2.24) is 0 Å². The fourth-order valence-corrected chi connectivity index (χ4v) is 1.66. The Balaban J connectivity index is 2.95. The molecule has 1 aromatic rings. The zero-order valence-corrected chi connectivity index (χ0v) is 10.2. The molecule has 0 unspecified atom stereocenters. The van der Waals surface area contributed by atoms with Gasteiger partial charge in [0, 0.05) is 11.0 Å². The number of carbonyl (C=O) groups excluding carboxylic acids is 1. The lowest BCUT2D eigenvalue weighted by molar-refractivity contribution is 0.0602. The molecule has 0 aliphatic carbocycles. The van der Waals surface area contributed by atoms with Crippen LogP contribution in [0.3, 0.4) is 0 Å². The highest BCUT2D eigenvalue weighted by Crippen LogP contribution is 2.20. The molecule has 0 atom stereocenters. The number of hydrogen-bond acceptors (Lipinski definition) is 3. The van der Waals surface area contributed by atoms with Crippen LogP contribution in [0.15, 0.2) is 18.2 Å². The summed E-state index contributed by atoms with van der Waals surface area (Å²) in [6.45, 7) is 0. The summed E-state index contributed by atoms with van der Waals surface area (Å²) >= 11 is 3.36. The second-order valence-electron chi connectivity index (χ2n) is 3.16. The van der Waals surface area contributed by atoms with E-state index in [1.807, 2.05) is 12.1 Å². The summed E-state index contributed by atoms with van der Waals surface area (Å²) in [5, 5.41) is 0.925. The molecule has 0 aliphatic heterocycles. The maximum absolute atomic E-state index is 11.3. The zero-order valence-electron chi connectivity index (χ0n) is 8.63. The number of benzene rings is 1. The Morgan fingerprint density at radius 2 is 2.27 bits per heavy atom. The van der Waals surface area contributed by atoms with Crippen LogP contribution in [0.25, 0.3) is 0 Å². The van der Waals surface area contributed by atoms with Crippen molar-refractivity contribution in [3.05, 3.63) is 29.3 Å². The summed E-state index contributed by atoms with van der Waals surface area (Å²) in [6.07, 6.45) is 1.86. The van der Waals surface area contributed by atoms with E-state index in [0.29, 0.717) is 11.3 Å². The van der Waals surface area contributed by atoms with Crippen molar-refractivity contribution < 1.29 is 9.53 Å². The van der Waals surface area contributed by atoms with E-state index in [2.05, 4.69) is 20.7 Å². The quantitative estimate of drug-likeness (QED) is 0.520. The van der Waals surface area contributed by atoms with Gasteiger partial charge in [-0.25, -0.2) is 4.79 Å². The van der Waals surface area contributed by atoms with Crippen molar-refractivity contribution in [3.8, 4) is 0 Å². The third-order valence-corrected chi connectivity index (χ3v) is 2.74. The average Bonchev–Trinajstić information content (AvgIpc) is 2.27. The second kappa shape index (κ2) is 5.75. The first-order valence-corrected chi connectivity index (χ1v) is 5.84. The second-order valence-corrected chi connectivity index (χ2v) is 3.96. The molecule has 0 bridgehead atoms. The van der Waals surface area contributed by atoms with Gasteiger partial charge in [-0.3, -0.25) is 0 Å². The van der Waals surface area contributed by atoms with Crippen LogP contribution in [-0.2, 0) is 11.2 Å². The molecule has 3 nitrogen and oxygen atoms in total. The third-order valence-electron chi connectivity index (χ3n) is 2.18. The minimum Gasteiger partial charge on any atom is -0.465 e. The van der Waals surface area contributed by atoms with Crippen LogP contribution in [0.4, 0.5) is 5.69 Å². The molecule has 82 valence electrons. The van der Waals surface area contributed by atoms with Gasteiger partial charge in [0.2, 0.25) is 0 Å². The van der Waals surface area contributed by atoms with E-state index in [1.54, 1.807) is 6.07 Å². The Kier molecular flexibility index (Phi) is 4.62. The van der Waals surface area contributed by atoms with Crippen molar-refractivity contribution in [2.45, 2.75) is 12.8 Å². The highest BCUT2D eigenvalue weighted by atomic mass is 79.9. The molecule has 0 radical (unpaired) electrons. The molecule has 0 saturated heterocycles. The lowest BCUT2D eigenvalue weighted by Gasteiger charge is -2.08. The number of ether oxygens (including phenoxy) is 1. The van der Waals surface area contributed by atoms with Crippen molar-refractivity contribution in [2.75, 3.05) is 18.2 Å². The molecule has 2 N–H and O–H groups in total. The van der Waals surface area contributed by atoms with Crippen molar-refractivity contribution in [2.24, 2.45) is 0 Å². The molecule has 0 aromatic heterocycles. The topological polar surface area (TPSA) is 52.3 Å². The van der Waals surface area contributed by atoms with E-state index in [-0.39, 0.29) is 5.97 Å². The molecule has 1 rings (SSSR count). The maximum Gasteiger partial charge on any atom is 0.339 e. The van der Waals surface area contributed by atoms with E-state index in [4.69, 9.17) is 5.73 Å². The summed E-state index contributed by atoms with van der Waals surface area (Å²) in [4.78, 5) is 11.3. The van der Waals surface area contributed by atoms with Crippen LogP contribution in [0.1, 0.15) is 22.3 Å². The van der Waals surface area contributed by atoms with Gasteiger partial charge in [0.25, 0.3) is 0 Å². The first kappa shape index (κ1) is 12.0. The number of alkyl halides is 1. The lowest BCUT2D eigenvalue weighted by Crippen LogP contribution is -2.07. The Bertz CT molecular complexity index is 352. The molecule has 0 spiro atoms. The van der Waals surface area contributed by atoms with Crippen LogP contribution in [0.5, 0.6) is 0 Å². The Morgan fingerprint density at radius 1 is 1.53 bits per heavy atom. The fourth-order valence-electron chi connectivity index (χ4n) is 1.38. The number of anilines is 1. The maximum atomic E-state index is 11.3. The largest absolute Gasteiger partial charge is 0.465 e. The number of nitrogens with two attached hydrogens (primary N) is 1. The number of halogens is 1. The Morgan fingerprint density at radius 3 is 2.87 bits per heavy atom. The molecule has 0 amide bonds. The zero-order chi connectivity index (χ0) is 11.3. The monoisotopic (exact) mass is 271 g/mol. The van der Waals surface area contributed by atoms with E-state index in [9.17, 15) is 4.79 Å². The standard InChI is InChI=1S/C11H14BrNO2/c1-15-11(14)9-6-2-4-8(10(9)13)5-3-7-12/h2,4,6H,3,5,7,13H2,1H3. The molecule has 0 saturated carbocycles. The van der Waals surface area contributed by atoms with Crippen molar-refractivity contribution in [3.63, 3.8) is 0 Å². The smallest absolute Gasteiger partial charge is 0.339 e. The van der Waals surface area contributed by atoms with Crippen LogP contribution >= 0.6 is 15.9 Å². The molecule has 0 heterocycles. The molecule has 0 fully saturated rings. The fraction of sp³-hybridized carbons (Fsp3) is 0.364. The SMILES string of the molecule is COC(=O)c1cccc(CCCBr)c1N. The Hall–Kier alpha value is -1.03. The minimum absolute atomic E-state index is 0.381. The Labute approximate surface area is 97.7 Å². The highest BCUT2D eigenvalue weighted by Gasteiger charge is 2.11. The number of hydrogen-bond donors (Lipinski definition) is 1. The third kappa shape index (κ3) is 2.96. The van der Waals surface area contributed by atoms with Crippen molar-refractivity contribution >= 4 is 27.6 Å². The normalized spacial score (nSPS) is 10.0. The number of esters is 1. The molecule has 15 heavy (non-hydrogen) atoms. The average molecular weight is 272 g/mol. The number of aryl methyl sites for hydroxylation is 1. The van der Waals surface area contributed by atoms with Gasteiger partial charge in [-0.1, -0.05) is 28.1 Å². The molecule has 1 aromatic carbocycles. The predicted molar refractivity (Wildman–Crippen MR) is 64.3 cm³/mol. The number of nitrogen functional groups attached to an aromatic ring is 1. The van der Waals surface area contributed by atoms with Gasteiger partial charge in [0.15, 0.2) is 0 Å². The summed E-state index contributed by atoms with van der Waals surface area (Å²) in [7, 11) is 1.35. The molecule has 4 heteroatoms. The predicted octanol–water partition coefficient (Wildman–Crippen LogP) is 2.38. The first-order valence-electron chi connectivity index (χ1n) is 4.72. The summed E-state index contributed by atoms with van der Waals surface area (Å²) in [5.41, 5.74) is 7.86. The number of rotatable bonds is 4. The van der Waals surface area contributed by atoms with E-state index in [0.717, 1.165) is 23.7 Å². The minimum atomic E-state index is -0.381. The molecular formula is C11H14BrNO2. The van der Waals surface area contributed by atoms with Crippen LogP contribution < -0.4 is 5.73 Å². The molecule has 0 aliphatic rings. The number of para-hydroxylation sites is 1. The van der Waals surface area contributed by atoms with Gasteiger partial charge in [0.1, 0.15) is 0 Å². The van der Waals surface area contributed by atoms with Gasteiger partial charge in [-0.05, 0) is 24.5 Å². The lowest BCUT2D eigenvalue weighted by atomic mass is 10.0. The van der Waals surface area contributed by atoms with E-state index in [1.165, 1.54) is 7.11 Å². The van der Waals surface area contributed by atoms with Crippen LogP contribution in [0, 0.1) is 0 Å². The van der Waals surface area contributed by atoms with Crippen LogP contribution in [0.2, 0.25) is 0 Å². The number of carbonyl (C=O) groups is 1. The van der Waals surface area contributed by atoms with Gasteiger partial charge in [0.05, 0.1) is 12.7 Å². The first-order chi connectivity index (χ1) is 7.20. The van der Waals surface area contributed by atoms with Gasteiger partial charge in [-0.15, -0.1) is 0 Å². The van der Waals surface area contributed by atoms with Gasteiger partial charge >= 0.3 is 5.97 Å². The van der Waals surface area contributed by atoms with Gasteiger partial charge < -0.3 is 10.5 Å². The van der Waals surface area contributed by atoms with E-state index >= 15 is 0 Å². The summed E-state index contributed by atoms with van der Waals surface area (Å²) in [5.74, 6) is -0.381. The summed E-state index contributed by atoms with van der Waals surface area (Å²) < 4.78 is 4.65. The van der Waals surface area contributed by atoms with Crippen LogP contribution in [-0.4, -0.2) is 18.4 Å². The number of methoxy groups -OCH3 is 1. The van der Waals surface area contributed by atoms with Crippen molar-refractivity contribution in [1.29, 1.82) is 0 Å². The highest BCUT2D eigenvalue weighted by molar-refractivity contribution is 9.09. The summed E-state index contributed by atoms with van der Waals surface area (Å²) in [6, 6.07) is 5.44. The van der Waals surface area contributed by atoms with E-state index < -0.39 is 0 Å². The molecular weight excluding hydrogens is 258 g/mol.